The minimum Gasteiger partial charge on any atom is -0.318 e. The topological polar surface area (TPSA) is 70.6 Å². The molecule has 0 atom stereocenters. The maximum atomic E-state index is 11.7. The van der Waals surface area contributed by atoms with E-state index >= 15 is 0 Å². The molecule has 0 aliphatic rings. The number of hydrogen-bond acceptors (Lipinski definition) is 3. The van der Waals surface area contributed by atoms with Crippen LogP contribution in [0.5, 0.6) is 0 Å². The fourth-order valence-electron chi connectivity index (χ4n) is 1.94. The third kappa shape index (κ3) is 5.21. The molecule has 0 bridgehead atoms. The summed E-state index contributed by atoms with van der Waals surface area (Å²) in [6.45, 7) is 4.23. The van der Waals surface area contributed by atoms with E-state index in [0.717, 1.165) is 5.56 Å². The van der Waals surface area contributed by atoms with Gasteiger partial charge in [-0.25, -0.2) is 5.43 Å². The number of hydrazone groups is 1. The zero-order valence-corrected chi connectivity index (χ0v) is 14.2. The van der Waals surface area contributed by atoms with Crippen molar-refractivity contribution in [1.29, 1.82) is 0 Å². The Morgan fingerprint density at radius 2 is 1.79 bits per heavy atom. The third-order valence-electron chi connectivity index (χ3n) is 3.27. The Hall–Kier alpha value is -2.66. The summed E-state index contributed by atoms with van der Waals surface area (Å²) in [6.07, 6.45) is 1.48. The largest absolute Gasteiger partial charge is 0.329 e. The molecule has 2 rings (SSSR count). The van der Waals surface area contributed by atoms with Crippen LogP contribution in [0.4, 0.5) is 5.69 Å². The molecule has 0 aliphatic carbocycles. The molecule has 0 saturated carbocycles. The van der Waals surface area contributed by atoms with Crippen LogP contribution in [-0.4, -0.2) is 18.0 Å². The number of halogens is 1. The lowest BCUT2D eigenvalue weighted by atomic mass is 10.0. The summed E-state index contributed by atoms with van der Waals surface area (Å²) in [5.74, 6) is -1.22. The standard InChI is InChI=1S/C18H18ClN3O2/c1-12(2)14-8-6-13(7-9-14)11-20-22-18(24)17(23)21-16-5-3-4-15(19)10-16/h3-12H,1-2H3,(H,21,23)(H,22,24). The number of amides is 2. The minimum atomic E-state index is -0.856. The van der Waals surface area contributed by atoms with E-state index in [2.05, 4.69) is 29.7 Å². The number of nitrogens with one attached hydrogen (secondary N) is 2. The Labute approximate surface area is 145 Å². The number of carbonyl (C=O) groups is 2. The van der Waals surface area contributed by atoms with Gasteiger partial charge >= 0.3 is 11.8 Å². The van der Waals surface area contributed by atoms with Gasteiger partial charge in [0.25, 0.3) is 0 Å². The first kappa shape index (κ1) is 17.7. The average molecular weight is 344 g/mol. The van der Waals surface area contributed by atoms with Crippen molar-refractivity contribution in [3.05, 3.63) is 64.7 Å². The van der Waals surface area contributed by atoms with Gasteiger partial charge in [-0.2, -0.15) is 5.10 Å². The number of hydrogen-bond donors (Lipinski definition) is 2. The fourth-order valence-corrected chi connectivity index (χ4v) is 2.13. The second kappa shape index (κ2) is 8.26. The van der Waals surface area contributed by atoms with Crippen molar-refractivity contribution in [3.63, 3.8) is 0 Å². The van der Waals surface area contributed by atoms with E-state index < -0.39 is 11.8 Å². The Balaban J connectivity index is 1.88. The summed E-state index contributed by atoms with van der Waals surface area (Å²) in [7, 11) is 0. The molecule has 0 heterocycles. The van der Waals surface area contributed by atoms with Crippen molar-refractivity contribution in [2.24, 2.45) is 5.10 Å². The highest BCUT2D eigenvalue weighted by Crippen LogP contribution is 2.15. The molecule has 24 heavy (non-hydrogen) atoms. The van der Waals surface area contributed by atoms with Gasteiger partial charge < -0.3 is 5.32 Å². The quantitative estimate of drug-likeness (QED) is 0.506. The predicted molar refractivity (Wildman–Crippen MR) is 96.3 cm³/mol. The van der Waals surface area contributed by atoms with Gasteiger partial charge in [-0.05, 0) is 35.2 Å². The summed E-state index contributed by atoms with van der Waals surface area (Å²) in [5, 5.41) is 6.70. The maximum absolute atomic E-state index is 11.7. The molecule has 2 aromatic carbocycles. The minimum absolute atomic E-state index is 0.441. The Morgan fingerprint density at radius 3 is 2.42 bits per heavy atom. The number of rotatable bonds is 4. The van der Waals surface area contributed by atoms with Gasteiger partial charge in [0.05, 0.1) is 6.21 Å². The average Bonchev–Trinajstić information content (AvgIpc) is 2.55. The van der Waals surface area contributed by atoms with Crippen LogP contribution in [0.2, 0.25) is 5.02 Å². The Bertz CT molecular complexity index is 755. The van der Waals surface area contributed by atoms with Crippen molar-refractivity contribution in [2.45, 2.75) is 19.8 Å². The van der Waals surface area contributed by atoms with Crippen LogP contribution in [0, 0.1) is 0 Å². The summed E-state index contributed by atoms with van der Waals surface area (Å²) < 4.78 is 0. The third-order valence-corrected chi connectivity index (χ3v) is 3.51. The molecule has 0 unspecified atom stereocenters. The predicted octanol–water partition coefficient (Wildman–Crippen LogP) is 3.55. The molecule has 0 aromatic heterocycles. The molecular formula is C18H18ClN3O2. The van der Waals surface area contributed by atoms with Crippen LogP contribution in [-0.2, 0) is 9.59 Å². The second-order valence-corrected chi connectivity index (χ2v) is 5.92. The van der Waals surface area contributed by atoms with E-state index in [4.69, 9.17) is 11.6 Å². The van der Waals surface area contributed by atoms with Gasteiger partial charge in [0.2, 0.25) is 0 Å². The van der Waals surface area contributed by atoms with Crippen molar-refractivity contribution in [2.75, 3.05) is 5.32 Å². The molecule has 2 amide bonds. The van der Waals surface area contributed by atoms with Gasteiger partial charge in [0.1, 0.15) is 0 Å². The van der Waals surface area contributed by atoms with Gasteiger partial charge in [-0.1, -0.05) is 55.8 Å². The van der Waals surface area contributed by atoms with Crippen LogP contribution < -0.4 is 10.7 Å². The zero-order chi connectivity index (χ0) is 17.5. The smallest absolute Gasteiger partial charge is 0.318 e. The van der Waals surface area contributed by atoms with Crippen LogP contribution in [0.3, 0.4) is 0 Å². The molecule has 124 valence electrons. The van der Waals surface area contributed by atoms with E-state index in [1.54, 1.807) is 24.3 Å². The lowest BCUT2D eigenvalue weighted by Gasteiger charge is -2.05. The highest BCUT2D eigenvalue weighted by atomic mass is 35.5. The maximum Gasteiger partial charge on any atom is 0.329 e. The summed E-state index contributed by atoms with van der Waals surface area (Å²) in [5.41, 5.74) is 4.68. The zero-order valence-electron chi connectivity index (χ0n) is 13.4. The molecular weight excluding hydrogens is 326 g/mol. The van der Waals surface area contributed by atoms with Gasteiger partial charge in [-0.15, -0.1) is 0 Å². The highest BCUT2D eigenvalue weighted by molar-refractivity contribution is 6.39. The molecule has 0 radical (unpaired) electrons. The number of anilines is 1. The Morgan fingerprint density at radius 1 is 1.08 bits per heavy atom. The van der Waals surface area contributed by atoms with Gasteiger partial charge in [0.15, 0.2) is 0 Å². The summed E-state index contributed by atoms with van der Waals surface area (Å²) in [6, 6.07) is 14.3. The Kier molecular flexibility index (Phi) is 6.09. The molecule has 2 aromatic rings. The SMILES string of the molecule is CC(C)c1ccc(C=NNC(=O)C(=O)Nc2cccc(Cl)c2)cc1. The van der Waals surface area contributed by atoms with E-state index in [1.807, 2.05) is 24.3 Å². The van der Waals surface area contributed by atoms with Crippen molar-refractivity contribution in [1.82, 2.24) is 5.43 Å². The molecule has 6 heteroatoms. The normalized spacial score (nSPS) is 10.8. The fraction of sp³-hybridized carbons (Fsp3) is 0.167. The molecule has 0 spiro atoms. The van der Waals surface area contributed by atoms with Crippen LogP contribution in [0.1, 0.15) is 30.9 Å². The van der Waals surface area contributed by atoms with E-state index in [-0.39, 0.29) is 0 Å². The molecule has 2 N–H and O–H groups in total. The lowest BCUT2D eigenvalue weighted by molar-refractivity contribution is -0.136. The van der Waals surface area contributed by atoms with Crippen molar-refractivity contribution < 1.29 is 9.59 Å². The second-order valence-electron chi connectivity index (χ2n) is 5.48. The summed E-state index contributed by atoms with van der Waals surface area (Å²) in [4.78, 5) is 23.4. The molecule has 0 aliphatic heterocycles. The molecule has 0 saturated heterocycles. The number of nitrogens with zero attached hydrogens (tertiary/aromatic N) is 1. The van der Waals surface area contributed by atoms with Crippen LogP contribution in [0.15, 0.2) is 53.6 Å². The lowest BCUT2D eigenvalue weighted by Crippen LogP contribution is -2.32. The highest BCUT2D eigenvalue weighted by Gasteiger charge is 2.12. The van der Waals surface area contributed by atoms with Gasteiger partial charge in [0, 0.05) is 10.7 Å². The number of carbonyl (C=O) groups excluding carboxylic acids is 2. The monoisotopic (exact) mass is 343 g/mol. The van der Waals surface area contributed by atoms with Crippen LogP contribution >= 0.6 is 11.6 Å². The van der Waals surface area contributed by atoms with Crippen molar-refractivity contribution >= 4 is 35.3 Å². The number of benzene rings is 2. The first-order valence-corrected chi connectivity index (χ1v) is 7.83. The van der Waals surface area contributed by atoms with E-state index in [9.17, 15) is 9.59 Å². The molecule has 5 nitrogen and oxygen atoms in total. The van der Waals surface area contributed by atoms with Gasteiger partial charge in [-0.3, -0.25) is 9.59 Å². The first-order valence-electron chi connectivity index (χ1n) is 7.45. The molecule has 0 fully saturated rings. The van der Waals surface area contributed by atoms with E-state index in [1.165, 1.54) is 11.8 Å². The summed E-state index contributed by atoms with van der Waals surface area (Å²) >= 11 is 5.81. The van der Waals surface area contributed by atoms with Crippen LogP contribution in [0.25, 0.3) is 0 Å². The van der Waals surface area contributed by atoms with Crippen molar-refractivity contribution in [3.8, 4) is 0 Å². The first-order chi connectivity index (χ1) is 11.5. The van der Waals surface area contributed by atoms with E-state index in [0.29, 0.717) is 16.6 Å².